The molecule has 64 valence electrons. The summed E-state index contributed by atoms with van der Waals surface area (Å²) in [6.07, 6.45) is 0. The van der Waals surface area contributed by atoms with Crippen LogP contribution in [-0.2, 0) is 11.0 Å². The molecule has 1 aliphatic heterocycles. The summed E-state index contributed by atoms with van der Waals surface area (Å²) in [7, 11) is -1.48. The molecule has 1 heterocycles. The molecule has 0 spiro atoms. The van der Waals surface area contributed by atoms with Gasteiger partial charge in [0.2, 0.25) is 8.32 Å². The number of fused-ring (bicyclic) bond motifs is 1. The first-order valence-electron chi connectivity index (χ1n) is 4.48. The third-order valence-electron chi connectivity index (χ3n) is 2.81. The third-order valence-corrected chi connectivity index (χ3v) is 6.57. The third kappa shape index (κ3) is 1.03. The molecular weight excluding hydrogens is 164 g/mol. The van der Waals surface area contributed by atoms with E-state index in [9.17, 15) is 0 Å². The van der Waals surface area contributed by atoms with Gasteiger partial charge in [0.25, 0.3) is 0 Å². The lowest BCUT2D eigenvalue weighted by Crippen LogP contribution is -2.42. The Labute approximate surface area is 74.5 Å². The highest BCUT2D eigenvalue weighted by molar-refractivity contribution is 6.86. The van der Waals surface area contributed by atoms with Gasteiger partial charge < -0.3 is 4.43 Å². The molecule has 1 nitrogen and oxygen atoms in total. The minimum absolute atomic E-state index is 0.840. The van der Waals surface area contributed by atoms with Gasteiger partial charge in [-0.05, 0) is 23.3 Å². The lowest BCUT2D eigenvalue weighted by molar-refractivity contribution is 0.316. The molecule has 0 aliphatic carbocycles. The van der Waals surface area contributed by atoms with Crippen molar-refractivity contribution in [2.45, 2.75) is 26.1 Å². The van der Waals surface area contributed by atoms with Gasteiger partial charge >= 0.3 is 0 Å². The molecule has 0 radical (unpaired) electrons. The fourth-order valence-corrected chi connectivity index (χ4v) is 4.27. The van der Waals surface area contributed by atoms with Crippen molar-refractivity contribution in [1.29, 1.82) is 0 Å². The normalized spacial score (nSPS) is 27.2. The highest BCUT2D eigenvalue weighted by Gasteiger charge is 2.36. The Morgan fingerprint density at radius 2 is 2.17 bits per heavy atom. The number of benzene rings is 1. The Bertz CT molecular complexity index is 298. The van der Waals surface area contributed by atoms with Crippen LogP contribution in [0.25, 0.3) is 0 Å². The standard InChI is InChI=1S/C10H14OSi/c1-3-12(2)10-7-5-4-6-9(10)8-11-12/h4-7H,3,8H2,1-2H3. The van der Waals surface area contributed by atoms with Crippen LogP contribution < -0.4 is 5.19 Å². The van der Waals surface area contributed by atoms with E-state index in [1.165, 1.54) is 16.8 Å². The first-order chi connectivity index (χ1) is 5.76. The molecule has 1 aliphatic rings. The van der Waals surface area contributed by atoms with E-state index in [0.717, 1.165) is 6.61 Å². The van der Waals surface area contributed by atoms with E-state index in [2.05, 4.69) is 37.7 Å². The largest absolute Gasteiger partial charge is 0.408 e. The number of hydrogen-bond acceptors (Lipinski definition) is 1. The van der Waals surface area contributed by atoms with Crippen molar-refractivity contribution in [3.8, 4) is 0 Å². The maximum absolute atomic E-state index is 5.90. The molecule has 1 aromatic rings. The summed E-state index contributed by atoms with van der Waals surface area (Å²) in [6.45, 7) is 5.37. The van der Waals surface area contributed by atoms with E-state index in [-0.39, 0.29) is 0 Å². The van der Waals surface area contributed by atoms with Gasteiger partial charge in [0.1, 0.15) is 0 Å². The van der Waals surface area contributed by atoms with Crippen LogP contribution in [0.5, 0.6) is 0 Å². The zero-order chi connectivity index (χ0) is 8.60. The number of rotatable bonds is 1. The lowest BCUT2D eigenvalue weighted by Gasteiger charge is -2.18. The molecule has 2 rings (SSSR count). The van der Waals surface area contributed by atoms with Gasteiger partial charge in [0.05, 0.1) is 6.61 Å². The molecule has 0 saturated heterocycles. The quantitative estimate of drug-likeness (QED) is 0.598. The molecular formula is C10H14OSi. The van der Waals surface area contributed by atoms with Gasteiger partial charge in [-0.15, -0.1) is 0 Å². The van der Waals surface area contributed by atoms with E-state index in [1.54, 1.807) is 0 Å². The Balaban J connectivity index is 2.49. The zero-order valence-corrected chi connectivity index (χ0v) is 8.63. The summed E-state index contributed by atoms with van der Waals surface area (Å²) >= 11 is 0. The predicted molar refractivity (Wildman–Crippen MR) is 53.0 cm³/mol. The summed E-state index contributed by atoms with van der Waals surface area (Å²) in [5.74, 6) is 0. The average Bonchev–Trinajstić information content (AvgIpc) is 2.46. The maximum Gasteiger partial charge on any atom is 0.221 e. The lowest BCUT2D eigenvalue weighted by atomic mass is 10.2. The van der Waals surface area contributed by atoms with Gasteiger partial charge in [-0.1, -0.05) is 31.2 Å². The Hall–Kier alpha value is -0.603. The van der Waals surface area contributed by atoms with Crippen LogP contribution in [0.4, 0.5) is 0 Å². The summed E-state index contributed by atoms with van der Waals surface area (Å²) in [5, 5.41) is 1.51. The van der Waals surface area contributed by atoms with E-state index < -0.39 is 8.32 Å². The minimum Gasteiger partial charge on any atom is -0.408 e. The highest BCUT2D eigenvalue weighted by atomic mass is 28.4. The van der Waals surface area contributed by atoms with Crippen LogP contribution in [0.3, 0.4) is 0 Å². The van der Waals surface area contributed by atoms with E-state index in [1.807, 2.05) is 0 Å². The molecule has 2 heteroatoms. The monoisotopic (exact) mass is 178 g/mol. The van der Waals surface area contributed by atoms with Crippen molar-refractivity contribution in [2.75, 3.05) is 0 Å². The minimum atomic E-state index is -1.48. The van der Waals surface area contributed by atoms with Crippen LogP contribution in [-0.4, -0.2) is 8.32 Å². The van der Waals surface area contributed by atoms with Crippen molar-refractivity contribution in [3.05, 3.63) is 29.8 Å². The van der Waals surface area contributed by atoms with Crippen molar-refractivity contribution < 1.29 is 4.43 Å². The van der Waals surface area contributed by atoms with Gasteiger partial charge in [-0.25, -0.2) is 0 Å². The van der Waals surface area contributed by atoms with Crippen molar-refractivity contribution >= 4 is 13.5 Å². The van der Waals surface area contributed by atoms with Crippen LogP contribution in [0, 0.1) is 0 Å². The summed E-state index contributed by atoms with van der Waals surface area (Å²) < 4.78 is 5.90. The summed E-state index contributed by atoms with van der Waals surface area (Å²) in [4.78, 5) is 0. The van der Waals surface area contributed by atoms with Crippen LogP contribution in [0.2, 0.25) is 12.6 Å². The SMILES string of the molecule is CC[Si]1(C)OCc2ccccc21. The van der Waals surface area contributed by atoms with E-state index in [4.69, 9.17) is 4.43 Å². The summed E-state index contributed by atoms with van der Waals surface area (Å²) in [6, 6.07) is 9.82. The smallest absolute Gasteiger partial charge is 0.221 e. The molecule has 0 bridgehead atoms. The fourth-order valence-electron chi connectivity index (χ4n) is 1.77. The van der Waals surface area contributed by atoms with E-state index >= 15 is 0 Å². The second-order valence-corrected chi connectivity index (χ2v) is 7.53. The van der Waals surface area contributed by atoms with Crippen molar-refractivity contribution in [2.24, 2.45) is 0 Å². The first kappa shape index (κ1) is 8.02. The summed E-state index contributed by atoms with van der Waals surface area (Å²) in [5.41, 5.74) is 1.41. The molecule has 0 aromatic heterocycles. The van der Waals surface area contributed by atoms with Crippen LogP contribution in [0.1, 0.15) is 12.5 Å². The predicted octanol–water partition coefficient (Wildman–Crippen LogP) is 2.02. The molecule has 12 heavy (non-hydrogen) atoms. The molecule has 0 fully saturated rings. The Morgan fingerprint density at radius 1 is 1.42 bits per heavy atom. The van der Waals surface area contributed by atoms with Gasteiger partial charge in [-0.2, -0.15) is 0 Å². The van der Waals surface area contributed by atoms with Crippen molar-refractivity contribution in [3.63, 3.8) is 0 Å². The zero-order valence-electron chi connectivity index (χ0n) is 7.63. The maximum atomic E-state index is 5.90. The average molecular weight is 178 g/mol. The molecule has 0 amide bonds. The van der Waals surface area contributed by atoms with Crippen LogP contribution in [0.15, 0.2) is 24.3 Å². The van der Waals surface area contributed by atoms with Crippen LogP contribution >= 0.6 is 0 Å². The molecule has 1 atom stereocenters. The molecule has 1 aromatic carbocycles. The second-order valence-electron chi connectivity index (χ2n) is 3.53. The first-order valence-corrected chi connectivity index (χ1v) is 7.10. The highest BCUT2D eigenvalue weighted by Crippen LogP contribution is 2.21. The second kappa shape index (κ2) is 2.71. The Kier molecular flexibility index (Phi) is 1.81. The fraction of sp³-hybridized carbons (Fsp3) is 0.400. The molecule has 1 unspecified atom stereocenters. The van der Waals surface area contributed by atoms with Gasteiger partial charge in [0.15, 0.2) is 0 Å². The molecule has 0 saturated carbocycles. The Morgan fingerprint density at radius 3 is 2.92 bits per heavy atom. The number of hydrogen-bond donors (Lipinski definition) is 0. The topological polar surface area (TPSA) is 9.23 Å². The molecule has 0 N–H and O–H groups in total. The van der Waals surface area contributed by atoms with Crippen molar-refractivity contribution in [1.82, 2.24) is 0 Å². The van der Waals surface area contributed by atoms with Gasteiger partial charge in [-0.3, -0.25) is 0 Å². The van der Waals surface area contributed by atoms with E-state index in [0.29, 0.717) is 0 Å². The van der Waals surface area contributed by atoms with Gasteiger partial charge in [0, 0.05) is 0 Å².